The second-order valence-electron chi connectivity index (χ2n) is 4.48. The molecule has 2 aromatic carbocycles. The first kappa shape index (κ1) is 20.0. The lowest BCUT2D eigenvalue weighted by Crippen LogP contribution is -1.94. The van der Waals surface area contributed by atoms with Crippen molar-refractivity contribution in [2.45, 2.75) is 4.90 Å². The molecule has 25 heavy (non-hydrogen) atoms. The number of ether oxygens (including phenoxy) is 2. The quantitative estimate of drug-likeness (QED) is 0.367. The average molecular weight is 367 g/mol. The molecule has 2 rings (SSSR count). The zero-order valence-corrected chi connectivity index (χ0v) is 14.6. The Balaban J connectivity index is 0.000000251. The minimum atomic E-state index is -0.504. The van der Waals surface area contributed by atoms with Crippen molar-refractivity contribution in [2.24, 2.45) is 0 Å². The fourth-order valence-electron chi connectivity index (χ4n) is 1.77. The van der Waals surface area contributed by atoms with E-state index in [-0.39, 0.29) is 17.1 Å². The molecule has 0 atom stereocenters. The van der Waals surface area contributed by atoms with Crippen molar-refractivity contribution in [3.05, 3.63) is 56.6 Å². The van der Waals surface area contributed by atoms with Gasteiger partial charge in [0.1, 0.15) is 11.5 Å². The van der Waals surface area contributed by atoms with Crippen molar-refractivity contribution in [1.29, 1.82) is 0 Å². The van der Waals surface area contributed by atoms with Crippen LogP contribution in [-0.2, 0) is 0 Å². The Morgan fingerprint density at radius 3 is 1.80 bits per heavy atom. The van der Waals surface area contributed by atoms with Gasteiger partial charge < -0.3 is 15.2 Å². The van der Waals surface area contributed by atoms with Crippen LogP contribution in [-0.4, -0.2) is 30.3 Å². The number of nitro benzene ring substituents is 2. The van der Waals surface area contributed by atoms with Crippen molar-refractivity contribution in [3.63, 3.8) is 0 Å². The monoisotopic (exact) mass is 367 g/mol. The molecule has 0 aliphatic rings. The summed E-state index contributed by atoms with van der Waals surface area (Å²) in [6.45, 7) is 0. The Bertz CT molecular complexity index is 769. The van der Waals surface area contributed by atoms with Gasteiger partial charge in [-0.25, -0.2) is 0 Å². The smallest absolute Gasteiger partial charge is 0.271 e. The number of nitrogens with zero attached hydrogens (tertiary/aromatic N) is 2. The molecule has 9 nitrogen and oxygen atoms in total. The predicted molar refractivity (Wildman–Crippen MR) is 95.5 cm³/mol. The van der Waals surface area contributed by atoms with Crippen molar-refractivity contribution >= 4 is 28.8 Å². The lowest BCUT2D eigenvalue weighted by Gasteiger charge is -2.04. The van der Waals surface area contributed by atoms with Gasteiger partial charge in [0.05, 0.1) is 34.6 Å². The normalized spacial score (nSPS) is 9.56. The van der Waals surface area contributed by atoms with Crippen LogP contribution in [0.1, 0.15) is 0 Å². The Morgan fingerprint density at radius 2 is 1.40 bits per heavy atom. The molecular formula is C15H17N3O6S. The van der Waals surface area contributed by atoms with Crippen molar-refractivity contribution in [2.75, 3.05) is 26.2 Å². The summed E-state index contributed by atoms with van der Waals surface area (Å²) >= 11 is 1.42. The summed E-state index contributed by atoms with van der Waals surface area (Å²) in [5.74, 6) is 1.11. The zero-order chi connectivity index (χ0) is 19.0. The molecule has 0 spiro atoms. The SMILES string of the molecule is COc1ccc([N+](=O)[O-])cc1N.COc1ccc([N+](=O)[O-])cc1SC. The average Bonchev–Trinajstić information content (AvgIpc) is 2.61. The first-order chi connectivity index (χ1) is 11.8. The molecular weight excluding hydrogens is 350 g/mol. The standard InChI is InChI=1S/C8H9NO3S.C7H8N2O3/c1-12-7-4-3-6(9(10)11)5-8(7)13-2;1-12-7-3-2-5(9(10)11)4-6(7)8/h3-5H,1-2H3;2-4H,8H2,1H3. The zero-order valence-electron chi connectivity index (χ0n) is 13.8. The molecule has 0 aromatic heterocycles. The molecule has 0 aliphatic heterocycles. The highest BCUT2D eigenvalue weighted by Crippen LogP contribution is 2.30. The molecule has 0 amide bonds. The topological polar surface area (TPSA) is 131 Å². The molecule has 0 fully saturated rings. The minimum Gasteiger partial charge on any atom is -0.496 e. The summed E-state index contributed by atoms with van der Waals surface area (Å²) in [5, 5.41) is 20.7. The second kappa shape index (κ2) is 9.33. The van der Waals surface area contributed by atoms with Gasteiger partial charge in [0.25, 0.3) is 11.4 Å². The third-order valence-corrected chi connectivity index (χ3v) is 3.76. The van der Waals surface area contributed by atoms with E-state index in [0.29, 0.717) is 11.5 Å². The number of rotatable bonds is 5. The number of non-ortho nitro benzene ring substituents is 2. The van der Waals surface area contributed by atoms with Gasteiger partial charge in [-0.1, -0.05) is 0 Å². The van der Waals surface area contributed by atoms with E-state index in [1.807, 2.05) is 6.26 Å². The van der Waals surface area contributed by atoms with Crippen LogP contribution in [0.25, 0.3) is 0 Å². The van der Waals surface area contributed by atoms with E-state index >= 15 is 0 Å². The van der Waals surface area contributed by atoms with Gasteiger partial charge in [0, 0.05) is 24.3 Å². The molecule has 2 N–H and O–H groups in total. The number of benzene rings is 2. The number of hydrogen-bond donors (Lipinski definition) is 1. The molecule has 0 saturated carbocycles. The first-order valence-corrected chi connectivity index (χ1v) is 8.00. The summed E-state index contributed by atoms with van der Waals surface area (Å²) in [5.41, 5.74) is 5.76. The van der Waals surface area contributed by atoms with Crippen molar-refractivity contribution in [1.82, 2.24) is 0 Å². The predicted octanol–water partition coefficient (Wildman–Crippen LogP) is 3.51. The summed E-state index contributed by atoms with van der Waals surface area (Å²) < 4.78 is 9.86. The highest BCUT2D eigenvalue weighted by Gasteiger charge is 2.10. The summed E-state index contributed by atoms with van der Waals surface area (Å²) in [7, 11) is 3.00. The van der Waals surface area contributed by atoms with Gasteiger partial charge in [-0.2, -0.15) is 0 Å². The van der Waals surface area contributed by atoms with E-state index in [1.165, 1.54) is 49.2 Å². The van der Waals surface area contributed by atoms with E-state index in [2.05, 4.69) is 0 Å². The van der Waals surface area contributed by atoms with E-state index < -0.39 is 9.85 Å². The minimum absolute atomic E-state index is 0.0340. The Morgan fingerprint density at radius 1 is 0.920 bits per heavy atom. The number of nitrogen functional groups attached to an aromatic ring is 1. The Hall–Kier alpha value is -3.01. The van der Waals surface area contributed by atoms with E-state index in [0.717, 1.165) is 4.90 Å². The third kappa shape index (κ3) is 5.53. The summed E-state index contributed by atoms with van der Waals surface area (Å²) in [6.07, 6.45) is 1.85. The van der Waals surface area contributed by atoms with Crippen LogP contribution in [0.4, 0.5) is 17.1 Å². The maximum atomic E-state index is 10.4. The molecule has 0 bridgehead atoms. The van der Waals surface area contributed by atoms with Crippen LogP contribution < -0.4 is 15.2 Å². The molecule has 0 unspecified atom stereocenters. The Kier molecular flexibility index (Phi) is 7.47. The Labute approximate surface area is 148 Å². The van der Waals surface area contributed by atoms with Crippen LogP contribution in [0, 0.1) is 20.2 Å². The number of methoxy groups -OCH3 is 2. The maximum absolute atomic E-state index is 10.4. The number of hydrogen-bond acceptors (Lipinski definition) is 8. The fourth-order valence-corrected chi connectivity index (χ4v) is 2.36. The largest absolute Gasteiger partial charge is 0.496 e. The fraction of sp³-hybridized carbons (Fsp3) is 0.200. The maximum Gasteiger partial charge on any atom is 0.271 e. The number of nitrogens with two attached hydrogens (primary N) is 1. The van der Waals surface area contributed by atoms with E-state index in [1.54, 1.807) is 13.2 Å². The molecule has 0 saturated heterocycles. The van der Waals surface area contributed by atoms with E-state index in [4.69, 9.17) is 15.2 Å². The van der Waals surface area contributed by atoms with Gasteiger partial charge in [-0.15, -0.1) is 11.8 Å². The lowest BCUT2D eigenvalue weighted by atomic mass is 10.2. The lowest BCUT2D eigenvalue weighted by molar-refractivity contribution is -0.385. The van der Waals surface area contributed by atoms with Gasteiger partial charge in [-0.3, -0.25) is 20.2 Å². The number of anilines is 1. The van der Waals surface area contributed by atoms with Gasteiger partial charge in [-0.05, 0) is 18.4 Å². The highest BCUT2D eigenvalue weighted by molar-refractivity contribution is 7.98. The van der Waals surface area contributed by atoms with Gasteiger partial charge in [0.15, 0.2) is 0 Å². The van der Waals surface area contributed by atoms with Gasteiger partial charge >= 0.3 is 0 Å². The van der Waals surface area contributed by atoms with E-state index in [9.17, 15) is 20.2 Å². The number of thioether (sulfide) groups is 1. The molecule has 0 heterocycles. The molecule has 0 aliphatic carbocycles. The second-order valence-corrected chi connectivity index (χ2v) is 5.33. The number of nitro groups is 2. The molecule has 134 valence electrons. The third-order valence-electron chi connectivity index (χ3n) is 3.00. The van der Waals surface area contributed by atoms with Crippen molar-refractivity contribution < 1.29 is 19.3 Å². The van der Waals surface area contributed by atoms with Gasteiger partial charge in [0.2, 0.25) is 0 Å². The van der Waals surface area contributed by atoms with Crippen LogP contribution >= 0.6 is 11.8 Å². The van der Waals surface area contributed by atoms with Crippen LogP contribution in [0.2, 0.25) is 0 Å². The molecule has 2 aromatic rings. The summed E-state index contributed by atoms with van der Waals surface area (Å²) in [4.78, 5) is 20.5. The first-order valence-electron chi connectivity index (χ1n) is 6.78. The highest BCUT2D eigenvalue weighted by atomic mass is 32.2. The van der Waals surface area contributed by atoms with Crippen molar-refractivity contribution in [3.8, 4) is 11.5 Å². The molecule has 0 radical (unpaired) electrons. The van der Waals surface area contributed by atoms with Crippen LogP contribution in [0.5, 0.6) is 11.5 Å². The summed E-state index contributed by atoms with van der Waals surface area (Å²) in [6, 6.07) is 8.60. The molecule has 10 heteroatoms. The van der Waals surface area contributed by atoms with Crippen LogP contribution in [0.15, 0.2) is 41.3 Å². The van der Waals surface area contributed by atoms with Crippen LogP contribution in [0.3, 0.4) is 0 Å².